The van der Waals surface area contributed by atoms with Gasteiger partial charge in [0.1, 0.15) is 0 Å². The van der Waals surface area contributed by atoms with E-state index in [0.717, 1.165) is 25.7 Å². The molecule has 1 fully saturated rings. The van der Waals surface area contributed by atoms with Crippen LogP contribution >= 0.6 is 0 Å². The molecular formula is C13H26O3Si. The molecule has 100 valence electrons. The van der Waals surface area contributed by atoms with Gasteiger partial charge in [0.15, 0.2) is 8.32 Å². The number of esters is 1. The van der Waals surface area contributed by atoms with Crippen molar-refractivity contribution in [3.8, 4) is 0 Å². The van der Waals surface area contributed by atoms with Crippen LogP contribution in [0, 0.1) is 5.92 Å². The van der Waals surface area contributed by atoms with Crippen LogP contribution in [0.4, 0.5) is 0 Å². The number of ether oxygens (including phenoxy) is 1. The lowest BCUT2D eigenvalue weighted by atomic mass is 9.80. The van der Waals surface area contributed by atoms with Crippen molar-refractivity contribution in [3.05, 3.63) is 0 Å². The van der Waals surface area contributed by atoms with Crippen LogP contribution in [0.5, 0.6) is 0 Å². The minimum atomic E-state index is -1.50. The van der Waals surface area contributed by atoms with Gasteiger partial charge in [-0.2, -0.15) is 0 Å². The summed E-state index contributed by atoms with van der Waals surface area (Å²) >= 11 is 0. The van der Waals surface area contributed by atoms with Crippen molar-refractivity contribution in [3.63, 3.8) is 0 Å². The second-order valence-electron chi connectivity index (χ2n) is 6.19. The molecule has 0 unspecified atom stereocenters. The summed E-state index contributed by atoms with van der Waals surface area (Å²) < 4.78 is 11.3. The molecule has 1 aliphatic rings. The molecule has 0 N–H and O–H groups in total. The number of rotatable bonds is 4. The third-order valence-corrected chi connectivity index (χ3v) is 4.32. The average molecular weight is 258 g/mol. The molecule has 0 aromatic heterocycles. The molecular weight excluding hydrogens is 232 g/mol. The lowest BCUT2D eigenvalue weighted by Gasteiger charge is -2.41. The van der Waals surface area contributed by atoms with Gasteiger partial charge in [-0.15, -0.1) is 0 Å². The van der Waals surface area contributed by atoms with Crippen molar-refractivity contribution in [2.24, 2.45) is 5.92 Å². The monoisotopic (exact) mass is 258 g/mol. The largest absolute Gasteiger partial charge is 0.466 e. The van der Waals surface area contributed by atoms with Gasteiger partial charge >= 0.3 is 5.97 Å². The summed E-state index contributed by atoms with van der Waals surface area (Å²) in [4.78, 5) is 11.6. The molecule has 0 aromatic rings. The van der Waals surface area contributed by atoms with Crippen LogP contribution in [-0.2, 0) is 14.0 Å². The Kier molecular flexibility index (Phi) is 4.78. The van der Waals surface area contributed by atoms with Crippen LogP contribution in [0.25, 0.3) is 0 Å². The fraction of sp³-hybridized carbons (Fsp3) is 0.923. The van der Waals surface area contributed by atoms with Crippen LogP contribution in [0.1, 0.15) is 39.5 Å². The second-order valence-corrected chi connectivity index (χ2v) is 10.6. The van der Waals surface area contributed by atoms with E-state index >= 15 is 0 Å². The Balaban J connectivity index is 2.47. The maximum atomic E-state index is 11.6. The minimum absolute atomic E-state index is 0.0204. The Morgan fingerprint density at radius 1 is 1.29 bits per heavy atom. The fourth-order valence-corrected chi connectivity index (χ4v) is 4.25. The Morgan fingerprint density at radius 3 is 2.24 bits per heavy atom. The molecule has 1 rings (SSSR count). The van der Waals surface area contributed by atoms with E-state index in [9.17, 15) is 4.79 Å². The lowest BCUT2D eigenvalue weighted by molar-refractivity contribution is -0.150. The molecule has 0 saturated heterocycles. The van der Waals surface area contributed by atoms with Gasteiger partial charge in [-0.3, -0.25) is 4.79 Å². The first-order chi connectivity index (χ1) is 7.76. The number of carbonyl (C=O) groups is 1. The van der Waals surface area contributed by atoms with Gasteiger partial charge in [0.05, 0.1) is 18.1 Å². The van der Waals surface area contributed by atoms with Crippen molar-refractivity contribution >= 4 is 14.3 Å². The van der Waals surface area contributed by atoms with Crippen molar-refractivity contribution < 1.29 is 14.0 Å². The van der Waals surface area contributed by atoms with Crippen LogP contribution < -0.4 is 0 Å². The Morgan fingerprint density at radius 2 is 1.82 bits per heavy atom. The first kappa shape index (κ1) is 14.7. The Hall–Kier alpha value is -0.353. The van der Waals surface area contributed by atoms with Crippen molar-refractivity contribution in [1.82, 2.24) is 0 Å². The van der Waals surface area contributed by atoms with Crippen molar-refractivity contribution in [2.45, 2.75) is 64.8 Å². The summed E-state index contributed by atoms with van der Waals surface area (Å²) in [5, 5.41) is 0. The molecule has 4 heteroatoms. The number of hydrogen-bond donors (Lipinski definition) is 0. The van der Waals surface area contributed by atoms with E-state index < -0.39 is 8.32 Å². The number of hydrogen-bond acceptors (Lipinski definition) is 3. The molecule has 3 nitrogen and oxygen atoms in total. The molecule has 0 atom stereocenters. The molecule has 0 bridgehead atoms. The highest BCUT2D eigenvalue weighted by atomic mass is 28.4. The topological polar surface area (TPSA) is 35.5 Å². The summed E-state index contributed by atoms with van der Waals surface area (Å²) in [7, 11) is -1.50. The van der Waals surface area contributed by atoms with Gasteiger partial charge in [-0.05, 0) is 59.2 Å². The first-order valence-electron chi connectivity index (χ1n) is 6.62. The van der Waals surface area contributed by atoms with E-state index in [1.807, 2.05) is 6.92 Å². The highest BCUT2D eigenvalue weighted by Gasteiger charge is 2.37. The van der Waals surface area contributed by atoms with Gasteiger partial charge in [-0.1, -0.05) is 0 Å². The molecule has 0 spiro atoms. The Bertz CT molecular complexity index is 262. The Labute approximate surface area is 106 Å². The van der Waals surface area contributed by atoms with Gasteiger partial charge in [0.25, 0.3) is 0 Å². The summed E-state index contributed by atoms with van der Waals surface area (Å²) in [6.07, 6.45) is 3.75. The van der Waals surface area contributed by atoms with Crippen LogP contribution in [0.2, 0.25) is 19.6 Å². The highest BCUT2D eigenvalue weighted by molar-refractivity contribution is 6.69. The molecule has 1 aliphatic carbocycles. The predicted molar refractivity (Wildman–Crippen MR) is 71.4 cm³/mol. The highest BCUT2D eigenvalue weighted by Crippen LogP contribution is 2.37. The van der Waals surface area contributed by atoms with Crippen LogP contribution in [-0.4, -0.2) is 26.5 Å². The van der Waals surface area contributed by atoms with Crippen molar-refractivity contribution in [2.75, 3.05) is 6.61 Å². The van der Waals surface area contributed by atoms with Gasteiger partial charge in [0, 0.05) is 0 Å². The third-order valence-electron chi connectivity index (χ3n) is 3.22. The zero-order chi connectivity index (χ0) is 13.1. The quantitative estimate of drug-likeness (QED) is 0.573. The van der Waals surface area contributed by atoms with E-state index in [4.69, 9.17) is 9.16 Å². The molecule has 0 amide bonds. The molecule has 0 radical (unpaired) electrons. The van der Waals surface area contributed by atoms with E-state index in [-0.39, 0.29) is 17.5 Å². The number of carbonyl (C=O) groups excluding carboxylic acids is 1. The SMILES string of the molecule is CCOC(=O)C1CCC(C)(O[Si](C)(C)C)CC1. The summed E-state index contributed by atoms with van der Waals surface area (Å²) in [5.41, 5.74) is -0.0204. The zero-order valence-corrected chi connectivity index (χ0v) is 12.8. The zero-order valence-electron chi connectivity index (χ0n) is 11.8. The first-order valence-corrected chi connectivity index (χ1v) is 10.0. The molecule has 0 heterocycles. The minimum Gasteiger partial charge on any atom is -0.466 e. The normalized spacial score (nSPS) is 30.1. The van der Waals surface area contributed by atoms with E-state index in [1.165, 1.54) is 0 Å². The second kappa shape index (κ2) is 5.53. The molecule has 1 saturated carbocycles. The van der Waals surface area contributed by atoms with Crippen molar-refractivity contribution in [1.29, 1.82) is 0 Å². The lowest BCUT2D eigenvalue weighted by Crippen LogP contribution is -2.44. The van der Waals surface area contributed by atoms with E-state index in [0.29, 0.717) is 6.61 Å². The van der Waals surface area contributed by atoms with E-state index in [2.05, 4.69) is 26.6 Å². The van der Waals surface area contributed by atoms with Gasteiger partial charge in [-0.25, -0.2) is 0 Å². The molecule has 17 heavy (non-hydrogen) atoms. The molecule has 0 aromatic carbocycles. The maximum Gasteiger partial charge on any atom is 0.308 e. The van der Waals surface area contributed by atoms with Gasteiger partial charge in [0.2, 0.25) is 0 Å². The summed E-state index contributed by atoms with van der Waals surface area (Å²) in [5.74, 6) is 0.0656. The fourth-order valence-electron chi connectivity index (χ4n) is 2.57. The average Bonchev–Trinajstić information content (AvgIpc) is 2.15. The summed E-state index contributed by atoms with van der Waals surface area (Å²) in [6.45, 7) is 11.2. The van der Waals surface area contributed by atoms with Crippen LogP contribution in [0.3, 0.4) is 0 Å². The standard InChI is InChI=1S/C13H26O3Si/c1-6-15-12(14)11-7-9-13(2,10-8-11)16-17(3,4)5/h11H,6-10H2,1-5H3. The molecule has 0 aliphatic heterocycles. The van der Waals surface area contributed by atoms with Crippen LogP contribution in [0.15, 0.2) is 0 Å². The summed E-state index contributed by atoms with van der Waals surface area (Å²) in [6, 6.07) is 0. The predicted octanol–water partition coefficient (Wildman–Crippen LogP) is 3.35. The van der Waals surface area contributed by atoms with Gasteiger partial charge < -0.3 is 9.16 Å². The maximum absolute atomic E-state index is 11.6. The smallest absolute Gasteiger partial charge is 0.308 e. The van der Waals surface area contributed by atoms with E-state index in [1.54, 1.807) is 0 Å². The third kappa shape index (κ3) is 4.80.